The molecule has 0 N–H and O–H groups in total. The van der Waals surface area contributed by atoms with Crippen LogP contribution < -0.4 is 4.74 Å². The zero-order valence-corrected chi connectivity index (χ0v) is 17.6. The Morgan fingerprint density at radius 2 is 1.60 bits per heavy atom. The molecule has 0 radical (unpaired) electrons. The number of carbonyl (C=O) groups is 2. The number of nitrogens with zero attached hydrogens (tertiary/aromatic N) is 4. The van der Waals surface area contributed by atoms with Crippen LogP contribution in [0.3, 0.4) is 0 Å². The molecular formula is C23H30N4O3. The average molecular weight is 411 g/mol. The fourth-order valence-electron chi connectivity index (χ4n) is 3.42. The topological polar surface area (TPSA) is 75.6 Å². The first kappa shape index (κ1) is 21.7. The SMILES string of the molecule is CCCCCCOc1ccc(C(=O)N2CCN(C(=O)Cc3ncccn3)CC2)cc1. The lowest BCUT2D eigenvalue weighted by Gasteiger charge is -2.34. The summed E-state index contributed by atoms with van der Waals surface area (Å²) in [6.07, 6.45) is 8.13. The molecule has 0 saturated carbocycles. The van der Waals surface area contributed by atoms with Gasteiger partial charge in [-0.25, -0.2) is 9.97 Å². The maximum absolute atomic E-state index is 12.8. The fraction of sp³-hybridized carbons (Fsp3) is 0.478. The standard InChI is InChI=1S/C23H30N4O3/c1-2-3-4-5-17-30-20-9-7-19(8-10-20)23(29)27-15-13-26(14-16-27)22(28)18-21-24-11-6-12-25-21/h6-12H,2-5,13-18H2,1H3. The second kappa shape index (κ2) is 11.3. The van der Waals surface area contributed by atoms with Crippen molar-refractivity contribution in [3.63, 3.8) is 0 Å². The Kier molecular flexibility index (Phi) is 8.18. The van der Waals surface area contributed by atoms with Crippen LogP contribution in [0.1, 0.15) is 48.8 Å². The monoisotopic (exact) mass is 410 g/mol. The summed E-state index contributed by atoms with van der Waals surface area (Å²) in [6.45, 7) is 4.99. The number of piperazine rings is 1. The molecule has 0 atom stereocenters. The van der Waals surface area contributed by atoms with Crippen LogP contribution in [0.15, 0.2) is 42.7 Å². The molecule has 1 aliphatic heterocycles. The van der Waals surface area contributed by atoms with Gasteiger partial charge in [0, 0.05) is 44.1 Å². The lowest BCUT2D eigenvalue weighted by molar-refractivity contribution is -0.132. The summed E-state index contributed by atoms with van der Waals surface area (Å²) >= 11 is 0. The molecule has 2 amide bonds. The third-order valence-corrected chi connectivity index (χ3v) is 5.22. The molecule has 1 aromatic carbocycles. The molecule has 0 aliphatic carbocycles. The van der Waals surface area contributed by atoms with Gasteiger partial charge in [0.2, 0.25) is 5.91 Å². The van der Waals surface area contributed by atoms with Gasteiger partial charge in [-0.2, -0.15) is 0 Å². The van der Waals surface area contributed by atoms with Crippen LogP contribution in [-0.2, 0) is 11.2 Å². The molecule has 1 saturated heterocycles. The first-order chi connectivity index (χ1) is 14.7. The van der Waals surface area contributed by atoms with Crippen molar-refractivity contribution >= 4 is 11.8 Å². The molecule has 1 aliphatic rings. The van der Waals surface area contributed by atoms with Crippen molar-refractivity contribution < 1.29 is 14.3 Å². The zero-order chi connectivity index (χ0) is 21.2. The Bertz CT molecular complexity index is 803. The maximum atomic E-state index is 12.8. The quantitative estimate of drug-likeness (QED) is 0.594. The number of hydrogen-bond acceptors (Lipinski definition) is 5. The summed E-state index contributed by atoms with van der Waals surface area (Å²) < 4.78 is 5.74. The third-order valence-electron chi connectivity index (χ3n) is 5.22. The molecule has 2 heterocycles. The van der Waals surface area contributed by atoms with E-state index in [1.54, 1.807) is 28.3 Å². The second-order valence-electron chi connectivity index (χ2n) is 7.45. The predicted octanol–water partition coefficient (Wildman–Crippen LogP) is 2.96. The molecule has 7 heteroatoms. The maximum Gasteiger partial charge on any atom is 0.253 e. The van der Waals surface area contributed by atoms with Crippen LogP contribution in [0.2, 0.25) is 0 Å². The van der Waals surface area contributed by atoms with Crippen molar-refractivity contribution in [2.45, 2.75) is 39.0 Å². The second-order valence-corrected chi connectivity index (χ2v) is 7.45. The van der Waals surface area contributed by atoms with Crippen molar-refractivity contribution in [2.75, 3.05) is 32.8 Å². The fourth-order valence-corrected chi connectivity index (χ4v) is 3.42. The summed E-state index contributed by atoms with van der Waals surface area (Å²) in [4.78, 5) is 37.0. The normalized spacial score (nSPS) is 13.9. The minimum Gasteiger partial charge on any atom is -0.494 e. The minimum absolute atomic E-state index is 0.00580. The Balaban J connectivity index is 1.44. The number of carbonyl (C=O) groups excluding carboxylic acids is 2. The number of rotatable bonds is 9. The van der Waals surface area contributed by atoms with Crippen molar-refractivity contribution in [3.05, 3.63) is 54.1 Å². The average Bonchev–Trinajstić information content (AvgIpc) is 2.80. The smallest absolute Gasteiger partial charge is 0.253 e. The van der Waals surface area contributed by atoms with Crippen molar-refractivity contribution in [2.24, 2.45) is 0 Å². The molecular weight excluding hydrogens is 380 g/mol. The first-order valence-corrected chi connectivity index (χ1v) is 10.7. The van der Waals surface area contributed by atoms with Gasteiger partial charge < -0.3 is 14.5 Å². The number of aromatic nitrogens is 2. The van der Waals surface area contributed by atoms with Gasteiger partial charge in [-0.15, -0.1) is 0 Å². The lowest BCUT2D eigenvalue weighted by Crippen LogP contribution is -2.51. The van der Waals surface area contributed by atoms with Crippen molar-refractivity contribution in [3.8, 4) is 5.75 Å². The van der Waals surface area contributed by atoms with E-state index in [0.717, 1.165) is 12.2 Å². The summed E-state index contributed by atoms with van der Waals surface area (Å²) in [7, 11) is 0. The van der Waals surface area contributed by atoms with Gasteiger partial charge in [-0.05, 0) is 36.8 Å². The van der Waals surface area contributed by atoms with Crippen molar-refractivity contribution in [1.82, 2.24) is 19.8 Å². The summed E-state index contributed by atoms with van der Waals surface area (Å²) in [5.41, 5.74) is 0.644. The molecule has 0 unspecified atom stereocenters. The summed E-state index contributed by atoms with van der Waals surface area (Å²) in [5, 5.41) is 0. The van der Waals surface area contributed by atoms with E-state index in [1.807, 2.05) is 24.3 Å². The van der Waals surface area contributed by atoms with Crippen LogP contribution in [0, 0.1) is 0 Å². The Morgan fingerprint density at radius 3 is 2.27 bits per heavy atom. The van der Waals surface area contributed by atoms with Crippen LogP contribution in [0.5, 0.6) is 5.75 Å². The molecule has 0 spiro atoms. The molecule has 3 rings (SSSR count). The highest BCUT2D eigenvalue weighted by atomic mass is 16.5. The number of benzene rings is 1. The van der Waals surface area contributed by atoms with E-state index < -0.39 is 0 Å². The summed E-state index contributed by atoms with van der Waals surface area (Å²) in [5.74, 6) is 1.30. The molecule has 2 aromatic rings. The van der Waals surface area contributed by atoms with E-state index in [-0.39, 0.29) is 18.2 Å². The highest BCUT2D eigenvalue weighted by Gasteiger charge is 2.25. The number of ether oxygens (including phenoxy) is 1. The van der Waals surface area contributed by atoms with Gasteiger partial charge in [0.1, 0.15) is 11.6 Å². The highest BCUT2D eigenvalue weighted by Crippen LogP contribution is 2.16. The third kappa shape index (κ3) is 6.27. The van der Waals surface area contributed by atoms with E-state index in [1.165, 1.54) is 19.3 Å². The molecule has 1 aromatic heterocycles. The molecule has 0 bridgehead atoms. The Hall–Kier alpha value is -2.96. The van der Waals surface area contributed by atoms with E-state index in [0.29, 0.717) is 44.2 Å². The van der Waals surface area contributed by atoms with Gasteiger partial charge in [-0.3, -0.25) is 9.59 Å². The molecule has 30 heavy (non-hydrogen) atoms. The lowest BCUT2D eigenvalue weighted by atomic mass is 10.1. The van der Waals surface area contributed by atoms with Crippen LogP contribution >= 0.6 is 0 Å². The van der Waals surface area contributed by atoms with E-state index in [4.69, 9.17) is 4.74 Å². The van der Waals surface area contributed by atoms with E-state index in [2.05, 4.69) is 16.9 Å². The summed E-state index contributed by atoms with van der Waals surface area (Å²) in [6, 6.07) is 9.06. The van der Waals surface area contributed by atoms with Crippen LogP contribution in [0.4, 0.5) is 0 Å². The van der Waals surface area contributed by atoms with Crippen molar-refractivity contribution in [1.29, 1.82) is 0 Å². The zero-order valence-electron chi connectivity index (χ0n) is 17.6. The number of unbranched alkanes of at least 4 members (excludes halogenated alkanes) is 3. The van der Waals surface area contributed by atoms with Gasteiger partial charge >= 0.3 is 0 Å². The van der Waals surface area contributed by atoms with E-state index >= 15 is 0 Å². The Morgan fingerprint density at radius 1 is 0.933 bits per heavy atom. The van der Waals surface area contributed by atoms with Gasteiger partial charge in [0.15, 0.2) is 0 Å². The van der Waals surface area contributed by atoms with Gasteiger partial charge in [0.25, 0.3) is 5.91 Å². The van der Waals surface area contributed by atoms with E-state index in [9.17, 15) is 9.59 Å². The van der Waals surface area contributed by atoms with Gasteiger partial charge in [0.05, 0.1) is 13.0 Å². The predicted molar refractivity (Wildman–Crippen MR) is 114 cm³/mol. The van der Waals surface area contributed by atoms with Crippen LogP contribution in [0.25, 0.3) is 0 Å². The number of amides is 2. The molecule has 160 valence electrons. The number of hydrogen-bond donors (Lipinski definition) is 0. The minimum atomic E-state index is -0.0111. The highest BCUT2D eigenvalue weighted by molar-refractivity contribution is 5.94. The first-order valence-electron chi connectivity index (χ1n) is 10.7. The molecule has 7 nitrogen and oxygen atoms in total. The Labute approximate surface area is 178 Å². The largest absolute Gasteiger partial charge is 0.494 e. The van der Waals surface area contributed by atoms with Gasteiger partial charge in [-0.1, -0.05) is 26.2 Å². The van der Waals surface area contributed by atoms with Crippen LogP contribution in [-0.4, -0.2) is 64.4 Å². The molecule has 1 fully saturated rings.